The van der Waals surface area contributed by atoms with Gasteiger partial charge in [-0.05, 0) is 25.3 Å². The van der Waals surface area contributed by atoms with Gasteiger partial charge >= 0.3 is 12.1 Å². The second kappa shape index (κ2) is 9.88. The minimum atomic E-state index is -1.23. The fourth-order valence-corrected chi connectivity index (χ4v) is 4.26. The van der Waals surface area contributed by atoms with E-state index in [-0.39, 0.29) is 25.6 Å². The van der Waals surface area contributed by atoms with E-state index in [1.54, 1.807) is 0 Å². The predicted octanol–water partition coefficient (Wildman–Crippen LogP) is -0.0783. The van der Waals surface area contributed by atoms with Gasteiger partial charge in [-0.2, -0.15) is 0 Å². The number of esters is 1. The fourth-order valence-electron chi connectivity index (χ4n) is 4.26. The van der Waals surface area contributed by atoms with E-state index >= 15 is 0 Å². The first-order valence-corrected chi connectivity index (χ1v) is 10.7. The van der Waals surface area contributed by atoms with Gasteiger partial charge in [0.2, 0.25) is 11.8 Å². The van der Waals surface area contributed by atoms with E-state index < -0.39 is 41.6 Å². The first-order chi connectivity index (χ1) is 15.6. The van der Waals surface area contributed by atoms with Crippen molar-refractivity contribution in [1.82, 2.24) is 15.1 Å². The minimum Gasteiger partial charge on any atom is -0.460 e. The highest BCUT2D eigenvalue weighted by atomic mass is 16.6. The van der Waals surface area contributed by atoms with E-state index in [1.807, 2.05) is 30.3 Å². The number of nitrogens with zero attached hydrogens (tertiary/aromatic N) is 2. The van der Waals surface area contributed by atoms with E-state index in [4.69, 9.17) is 15.2 Å². The van der Waals surface area contributed by atoms with Crippen LogP contribution in [-0.2, 0) is 35.3 Å². The van der Waals surface area contributed by atoms with Gasteiger partial charge < -0.3 is 25.4 Å². The lowest BCUT2D eigenvalue weighted by Crippen LogP contribution is -2.73. The third-order valence-electron chi connectivity index (χ3n) is 5.83. The number of primary amides is 1. The van der Waals surface area contributed by atoms with Crippen molar-refractivity contribution in [3.63, 3.8) is 0 Å². The number of hydrogen-bond acceptors (Lipinski definition) is 7. The average Bonchev–Trinajstić information content (AvgIpc) is 3.22. The maximum atomic E-state index is 12.9. The molecule has 11 heteroatoms. The van der Waals surface area contributed by atoms with E-state index in [0.29, 0.717) is 19.4 Å². The summed E-state index contributed by atoms with van der Waals surface area (Å²) in [5.74, 6) is -2.47. The topological polar surface area (TPSA) is 148 Å². The molecule has 3 rings (SSSR count). The minimum absolute atomic E-state index is 0.0988. The highest BCUT2D eigenvalue weighted by molar-refractivity contribution is 5.99. The highest BCUT2D eigenvalue weighted by Gasteiger charge is 2.60. The molecule has 2 saturated heterocycles. The Kier molecular flexibility index (Phi) is 7.19. The van der Waals surface area contributed by atoms with Crippen LogP contribution in [0.5, 0.6) is 0 Å². The van der Waals surface area contributed by atoms with E-state index in [1.165, 1.54) is 23.6 Å². The summed E-state index contributed by atoms with van der Waals surface area (Å²) in [6.45, 7) is 2.96. The van der Waals surface area contributed by atoms with Crippen LogP contribution in [0.25, 0.3) is 0 Å². The van der Waals surface area contributed by atoms with Crippen molar-refractivity contribution in [3.05, 3.63) is 35.9 Å². The zero-order valence-electron chi connectivity index (χ0n) is 18.6. The van der Waals surface area contributed by atoms with Crippen LogP contribution in [-0.4, -0.2) is 76.9 Å². The summed E-state index contributed by atoms with van der Waals surface area (Å²) in [6.07, 6.45) is -0.405. The molecule has 0 saturated carbocycles. The smallest absolute Gasteiger partial charge is 0.411 e. The van der Waals surface area contributed by atoms with E-state index in [9.17, 15) is 24.0 Å². The Morgan fingerprint density at radius 2 is 1.91 bits per heavy atom. The largest absolute Gasteiger partial charge is 0.460 e. The molecule has 3 atom stereocenters. The number of amides is 4. The van der Waals surface area contributed by atoms with Gasteiger partial charge in [-0.25, -0.2) is 4.79 Å². The van der Waals surface area contributed by atoms with Crippen molar-refractivity contribution < 1.29 is 33.4 Å². The summed E-state index contributed by atoms with van der Waals surface area (Å²) in [6, 6.07) is 7.99. The average molecular weight is 460 g/mol. The monoisotopic (exact) mass is 460 g/mol. The van der Waals surface area contributed by atoms with Gasteiger partial charge in [0.1, 0.15) is 24.3 Å². The molecule has 33 heavy (non-hydrogen) atoms. The van der Waals surface area contributed by atoms with Crippen molar-refractivity contribution in [3.8, 4) is 0 Å². The SMILES string of the molecule is CC(=O)O[C@@H](C)[C@@H](NC(=O)CN1CC2(CCCN2C(=O)OCc2ccccc2)C1=O)C(N)=O. The number of ether oxygens (including phenoxy) is 2. The maximum absolute atomic E-state index is 12.9. The number of nitrogens with two attached hydrogens (primary N) is 1. The van der Waals surface area contributed by atoms with E-state index in [2.05, 4.69) is 5.32 Å². The molecule has 2 aliphatic heterocycles. The molecule has 1 unspecified atom stereocenters. The van der Waals surface area contributed by atoms with Crippen LogP contribution in [0.4, 0.5) is 4.79 Å². The summed E-state index contributed by atoms with van der Waals surface area (Å²) in [4.78, 5) is 63.5. The number of likely N-dealkylation sites (tertiary alicyclic amines) is 2. The molecule has 0 aliphatic carbocycles. The van der Waals surface area contributed by atoms with Crippen LogP contribution < -0.4 is 11.1 Å². The molecular formula is C22H28N4O7. The number of hydrogen-bond donors (Lipinski definition) is 2. The lowest BCUT2D eigenvalue weighted by atomic mass is 9.85. The lowest BCUT2D eigenvalue weighted by Gasteiger charge is -2.50. The Morgan fingerprint density at radius 3 is 2.52 bits per heavy atom. The Morgan fingerprint density at radius 1 is 1.21 bits per heavy atom. The van der Waals surface area contributed by atoms with Crippen molar-refractivity contribution in [1.29, 1.82) is 0 Å². The van der Waals surface area contributed by atoms with Gasteiger partial charge in [-0.15, -0.1) is 0 Å². The molecule has 2 fully saturated rings. The number of benzene rings is 1. The van der Waals surface area contributed by atoms with Crippen molar-refractivity contribution in [2.45, 2.75) is 51.0 Å². The van der Waals surface area contributed by atoms with Crippen LogP contribution >= 0.6 is 0 Å². The molecule has 1 spiro atoms. The summed E-state index contributed by atoms with van der Waals surface area (Å²) in [7, 11) is 0. The first-order valence-electron chi connectivity index (χ1n) is 10.7. The molecule has 3 N–H and O–H groups in total. The van der Waals surface area contributed by atoms with Crippen LogP contribution in [0.2, 0.25) is 0 Å². The predicted molar refractivity (Wildman–Crippen MR) is 114 cm³/mol. The van der Waals surface area contributed by atoms with Gasteiger partial charge in [0.25, 0.3) is 5.91 Å². The molecule has 0 bridgehead atoms. The molecule has 178 valence electrons. The highest BCUT2D eigenvalue weighted by Crippen LogP contribution is 2.39. The zero-order valence-corrected chi connectivity index (χ0v) is 18.6. The van der Waals surface area contributed by atoms with Gasteiger partial charge in [0, 0.05) is 13.5 Å². The quantitative estimate of drug-likeness (QED) is 0.407. The molecule has 11 nitrogen and oxygen atoms in total. The summed E-state index contributed by atoms with van der Waals surface area (Å²) < 4.78 is 10.3. The standard InChI is InChI=1S/C22H28N4O7/c1-14(33-15(2)27)18(19(23)29)24-17(28)11-25-13-22(20(25)30)9-6-10-26(22)21(31)32-12-16-7-4-3-5-8-16/h3-5,7-8,14,18H,6,9-13H2,1-2H3,(H2,23,29)(H,24,28)/t14-,18+,22?/m0/s1. The number of rotatable bonds is 8. The fraction of sp³-hybridized carbons (Fsp3) is 0.500. The van der Waals surface area contributed by atoms with Gasteiger partial charge in [0.05, 0.1) is 13.1 Å². The van der Waals surface area contributed by atoms with Gasteiger partial charge in [-0.3, -0.25) is 24.1 Å². The molecule has 1 aromatic carbocycles. The molecule has 4 amide bonds. The summed E-state index contributed by atoms with van der Waals surface area (Å²) in [5.41, 5.74) is 5.12. The third kappa shape index (κ3) is 5.24. The Bertz CT molecular complexity index is 938. The second-order valence-electron chi connectivity index (χ2n) is 8.25. The number of β-lactam (4-membered cyclic amide) rings is 1. The lowest BCUT2D eigenvalue weighted by molar-refractivity contribution is -0.162. The maximum Gasteiger partial charge on any atom is 0.411 e. The Labute approximate surface area is 191 Å². The molecule has 0 radical (unpaired) electrons. The van der Waals surface area contributed by atoms with Crippen LogP contribution in [0.1, 0.15) is 32.3 Å². The molecule has 2 aliphatic rings. The normalized spacial score (nSPS) is 21.2. The van der Waals surface area contributed by atoms with Gasteiger partial charge in [-0.1, -0.05) is 30.3 Å². The summed E-state index contributed by atoms with van der Waals surface area (Å²) in [5, 5.41) is 2.40. The van der Waals surface area contributed by atoms with Crippen molar-refractivity contribution in [2.75, 3.05) is 19.6 Å². The first kappa shape index (κ1) is 24.0. The molecule has 1 aromatic rings. The van der Waals surface area contributed by atoms with Crippen LogP contribution in [0.15, 0.2) is 30.3 Å². The number of carbonyl (C=O) groups excluding carboxylic acids is 5. The van der Waals surface area contributed by atoms with Gasteiger partial charge in [0.15, 0.2) is 0 Å². The third-order valence-corrected chi connectivity index (χ3v) is 5.83. The van der Waals surface area contributed by atoms with Crippen LogP contribution in [0, 0.1) is 0 Å². The van der Waals surface area contributed by atoms with Crippen LogP contribution in [0.3, 0.4) is 0 Å². The molecular weight excluding hydrogens is 432 g/mol. The zero-order chi connectivity index (χ0) is 24.2. The number of carbonyl (C=O) groups is 5. The summed E-state index contributed by atoms with van der Waals surface area (Å²) >= 11 is 0. The second-order valence-corrected chi connectivity index (χ2v) is 8.25. The molecule has 2 heterocycles. The van der Waals surface area contributed by atoms with E-state index in [0.717, 1.165) is 5.56 Å². The Hall–Kier alpha value is -3.63. The number of nitrogens with one attached hydrogen (secondary N) is 1. The Balaban J connectivity index is 1.55. The van der Waals surface area contributed by atoms with Crippen molar-refractivity contribution in [2.24, 2.45) is 5.73 Å². The molecule has 0 aromatic heterocycles. The van der Waals surface area contributed by atoms with Crippen molar-refractivity contribution >= 4 is 29.8 Å².